The van der Waals surface area contributed by atoms with Crippen molar-refractivity contribution < 1.29 is 9.42 Å². The van der Waals surface area contributed by atoms with E-state index in [0.29, 0.717) is 0 Å². The number of rotatable bonds is 2. The standard InChI is InChI=1S/C5H11NO2S/c1-5(2,4-6-7)9(3)8/h4,7H,1-3H3/t9-/m0/s1. The number of hydrogen-bond acceptors (Lipinski definition) is 3. The van der Waals surface area contributed by atoms with E-state index in [0.717, 1.165) is 0 Å². The monoisotopic (exact) mass is 149 g/mol. The Hall–Kier alpha value is -0.380. The van der Waals surface area contributed by atoms with Crippen LogP contribution in [-0.2, 0) is 10.8 Å². The molecule has 3 nitrogen and oxygen atoms in total. The summed E-state index contributed by atoms with van der Waals surface area (Å²) < 4.78 is 10.2. The van der Waals surface area contributed by atoms with Crippen molar-refractivity contribution in [3.63, 3.8) is 0 Å². The first-order chi connectivity index (χ1) is 4.00. The third-order valence-corrected chi connectivity index (χ3v) is 2.70. The van der Waals surface area contributed by atoms with E-state index in [9.17, 15) is 4.21 Å². The van der Waals surface area contributed by atoms with Gasteiger partial charge >= 0.3 is 0 Å². The van der Waals surface area contributed by atoms with E-state index >= 15 is 0 Å². The van der Waals surface area contributed by atoms with E-state index in [1.54, 1.807) is 20.1 Å². The molecule has 0 unspecified atom stereocenters. The summed E-state index contributed by atoms with van der Waals surface area (Å²) in [4.78, 5) is 0. The van der Waals surface area contributed by atoms with Crippen molar-refractivity contribution in [3.8, 4) is 0 Å². The summed E-state index contributed by atoms with van der Waals surface area (Å²) in [5.74, 6) is 0. The molecule has 0 fully saturated rings. The second-order valence-corrected chi connectivity index (χ2v) is 4.26. The fourth-order valence-electron chi connectivity index (χ4n) is 0.213. The Labute approximate surface area is 57.2 Å². The molecule has 0 aliphatic heterocycles. The van der Waals surface area contributed by atoms with Crippen LogP contribution in [0.3, 0.4) is 0 Å². The number of hydrogen-bond donors (Lipinski definition) is 1. The van der Waals surface area contributed by atoms with Gasteiger partial charge in [0.1, 0.15) is 0 Å². The molecule has 0 heterocycles. The summed E-state index contributed by atoms with van der Waals surface area (Å²) in [5, 5.41) is 10.9. The fourth-order valence-corrected chi connectivity index (χ4v) is 0.409. The first-order valence-corrected chi connectivity index (χ1v) is 4.08. The minimum Gasteiger partial charge on any atom is -0.411 e. The van der Waals surface area contributed by atoms with Crippen molar-refractivity contribution in [2.45, 2.75) is 18.6 Å². The Bertz CT molecular complexity index is 142. The van der Waals surface area contributed by atoms with Crippen LogP contribution < -0.4 is 0 Å². The largest absolute Gasteiger partial charge is 0.411 e. The Morgan fingerprint density at radius 1 is 1.67 bits per heavy atom. The minimum absolute atomic E-state index is 0.519. The molecular formula is C5H11NO2S. The number of oxime groups is 1. The Morgan fingerprint density at radius 3 is 2.22 bits per heavy atom. The lowest BCUT2D eigenvalue weighted by Gasteiger charge is -2.13. The number of nitrogens with zero attached hydrogens (tertiary/aromatic N) is 1. The highest BCUT2D eigenvalue weighted by atomic mass is 32.2. The van der Waals surface area contributed by atoms with E-state index in [1.165, 1.54) is 6.21 Å². The predicted octanol–water partition coefficient (Wildman–Crippen LogP) is 0.604. The van der Waals surface area contributed by atoms with Crippen LogP contribution in [0.4, 0.5) is 0 Å². The highest BCUT2D eigenvalue weighted by molar-refractivity contribution is 7.86. The van der Waals surface area contributed by atoms with Gasteiger partial charge in [-0.15, -0.1) is 5.16 Å². The second-order valence-electron chi connectivity index (χ2n) is 2.30. The van der Waals surface area contributed by atoms with Crippen LogP contribution in [0.1, 0.15) is 13.8 Å². The molecule has 0 amide bonds. The molecule has 0 aliphatic carbocycles. The molecule has 0 rings (SSSR count). The molecule has 0 aromatic heterocycles. The topological polar surface area (TPSA) is 49.7 Å². The molecule has 4 heteroatoms. The first-order valence-electron chi connectivity index (χ1n) is 2.53. The molecular weight excluding hydrogens is 138 g/mol. The maximum Gasteiger partial charge on any atom is 0.0783 e. The molecule has 0 aliphatic rings. The Balaban J connectivity index is 4.19. The van der Waals surface area contributed by atoms with Crippen LogP contribution in [0, 0.1) is 0 Å². The molecule has 0 bridgehead atoms. The maximum absolute atomic E-state index is 10.8. The molecule has 1 N–H and O–H groups in total. The molecule has 0 saturated carbocycles. The maximum atomic E-state index is 10.8. The molecule has 54 valence electrons. The van der Waals surface area contributed by atoms with Crippen LogP contribution in [0.15, 0.2) is 5.16 Å². The van der Waals surface area contributed by atoms with Gasteiger partial charge in [-0.05, 0) is 13.8 Å². The van der Waals surface area contributed by atoms with Gasteiger partial charge in [-0.3, -0.25) is 4.21 Å². The van der Waals surface area contributed by atoms with Gasteiger partial charge in [-0.2, -0.15) is 0 Å². The van der Waals surface area contributed by atoms with Crippen LogP contribution in [0.5, 0.6) is 0 Å². The van der Waals surface area contributed by atoms with Crippen LogP contribution in [-0.4, -0.2) is 26.6 Å². The zero-order chi connectivity index (χ0) is 7.49. The first kappa shape index (κ1) is 8.62. The zero-order valence-corrected chi connectivity index (χ0v) is 6.60. The van der Waals surface area contributed by atoms with Crippen LogP contribution in [0.2, 0.25) is 0 Å². The highest BCUT2D eigenvalue weighted by Crippen LogP contribution is 2.06. The van der Waals surface area contributed by atoms with E-state index in [4.69, 9.17) is 5.21 Å². The van der Waals surface area contributed by atoms with Gasteiger partial charge in [-0.25, -0.2) is 0 Å². The minimum atomic E-state index is -0.985. The molecule has 0 aromatic carbocycles. The van der Waals surface area contributed by atoms with Gasteiger partial charge < -0.3 is 5.21 Å². The van der Waals surface area contributed by atoms with Crippen molar-refractivity contribution >= 4 is 17.0 Å². The molecule has 1 atom stereocenters. The molecule has 0 radical (unpaired) electrons. The lowest BCUT2D eigenvalue weighted by Crippen LogP contribution is -2.27. The molecule has 9 heavy (non-hydrogen) atoms. The summed E-state index contributed by atoms with van der Waals surface area (Å²) >= 11 is 0. The van der Waals surface area contributed by atoms with Gasteiger partial charge in [-0.1, -0.05) is 0 Å². The van der Waals surface area contributed by atoms with E-state index in [-0.39, 0.29) is 0 Å². The van der Waals surface area contributed by atoms with Gasteiger partial charge in [0.15, 0.2) is 0 Å². The third kappa shape index (κ3) is 2.60. The highest BCUT2D eigenvalue weighted by Gasteiger charge is 2.19. The smallest absolute Gasteiger partial charge is 0.0783 e. The Kier molecular flexibility index (Phi) is 2.84. The van der Waals surface area contributed by atoms with Crippen molar-refractivity contribution in [2.24, 2.45) is 5.16 Å². The summed E-state index contributed by atoms with van der Waals surface area (Å²) in [7, 11) is -0.985. The van der Waals surface area contributed by atoms with Crippen molar-refractivity contribution in [3.05, 3.63) is 0 Å². The van der Waals surface area contributed by atoms with Gasteiger partial charge in [0.05, 0.1) is 11.0 Å². The third-order valence-electron chi connectivity index (χ3n) is 1.11. The van der Waals surface area contributed by atoms with Gasteiger partial charge in [0.2, 0.25) is 0 Å². The predicted molar refractivity (Wildman–Crippen MR) is 38.4 cm³/mol. The summed E-state index contributed by atoms with van der Waals surface area (Å²) in [5.41, 5.74) is 0. The molecule has 0 aromatic rings. The average molecular weight is 149 g/mol. The quantitative estimate of drug-likeness (QED) is 0.355. The summed E-state index contributed by atoms with van der Waals surface area (Å²) in [6.07, 6.45) is 2.84. The van der Waals surface area contributed by atoms with Crippen molar-refractivity contribution in [1.82, 2.24) is 0 Å². The average Bonchev–Trinajstić information content (AvgIpc) is 1.65. The SMILES string of the molecule is C[S@](=O)C(C)(C)C=NO. The lowest BCUT2D eigenvalue weighted by molar-refractivity contribution is 0.319. The molecule has 0 spiro atoms. The van der Waals surface area contributed by atoms with E-state index in [2.05, 4.69) is 5.16 Å². The lowest BCUT2D eigenvalue weighted by atomic mass is 10.2. The second kappa shape index (κ2) is 2.96. The summed E-state index contributed by atoms with van der Waals surface area (Å²) in [6.45, 7) is 3.48. The van der Waals surface area contributed by atoms with E-state index < -0.39 is 15.5 Å². The van der Waals surface area contributed by atoms with E-state index in [1.807, 2.05) is 0 Å². The molecule has 0 saturated heterocycles. The van der Waals surface area contributed by atoms with Crippen LogP contribution in [0.25, 0.3) is 0 Å². The normalized spacial score (nSPS) is 16.3. The van der Waals surface area contributed by atoms with Crippen LogP contribution >= 0.6 is 0 Å². The van der Waals surface area contributed by atoms with Crippen molar-refractivity contribution in [2.75, 3.05) is 6.26 Å². The van der Waals surface area contributed by atoms with Gasteiger partial charge in [0, 0.05) is 17.1 Å². The summed E-state index contributed by atoms with van der Waals surface area (Å²) in [6, 6.07) is 0. The van der Waals surface area contributed by atoms with Gasteiger partial charge in [0.25, 0.3) is 0 Å². The zero-order valence-electron chi connectivity index (χ0n) is 5.79. The Morgan fingerprint density at radius 2 is 2.11 bits per heavy atom. The fraction of sp³-hybridized carbons (Fsp3) is 0.800. The van der Waals surface area contributed by atoms with Crippen molar-refractivity contribution in [1.29, 1.82) is 0 Å².